The fourth-order valence-corrected chi connectivity index (χ4v) is 1.25. The van der Waals surface area contributed by atoms with Crippen LogP contribution >= 0.6 is 15.9 Å². The summed E-state index contributed by atoms with van der Waals surface area (Å²) in [6, 6.07) is 4.56. The number of hydrazone groups is 1. The Morgan fingerprint density at radius 2 is 2.31 bits per heavy atom. The number of rotatable bonds is 2. The van der Waals surface area contributed by atoms with Crippen molar-refractivity contribution in [3.05, 3.63) is 38.3 Å². The fourth-order valence-electron chi connectivity index (χ4n) is 0.875. The van der Waals surface area contributed by atoms with Gasteiger partial charge in [0.05, 0.1) is 16.7 Å². The zero-order valence-electron chi connectivity index (χ0n) is 6.48. The van der Waals surface area contributed by atoms with E-state index in [4.69, 9.17) is 5.84 Å². The lowest BCUT2D eigenvalue weighted by molar-refractivity contribution is -0.385. The lowest BCUT2D eigenvalue weighted by Gasteiger charge is -1.96. The van der Waals surface area contributed by atoms with Crippen LogP contribution in [0.2, 0.25) is 0 Å². The topological polar surface area (TPSA) is 81.5 Å². The van der Waals surface area contributed by atoms with Crippen LogP contribution < -0.4 is 5.84 Å². The second kappa shape index (κ2) is 3.99. The molecule has 1 rings (SSSR count). The number of nitro benzene ring substituents is 1. The number of nitrogens with two attached hydrogens (primary N) is 1. The minimum atomic E-state index is -0.483. The molecule has 6 heteroatoms. The molecule has 2 N–H and O–H groups in total. The molecular formula is C7H6BrN3O2. The molecular weight excluding hydrogens is 238 g/mol. The zero-order valence-corrected chi connectivity index (χ0v) is 8.06. The van der Waals surface area contributed by atoms with Crippen molar-refractivity contribution >= 4 is 27.8 Å². The Morgan fingerprint density at radius 1 is 1.62 bits per heavy atom. The van der Waals surface area contributed by atoms with E-state index < -0.39 is 4.92 Å². The summed E-state index contributed by atoms with van der Waals surface area (Å²) in [4.78, 5) is 10.0. The Balaban J connectivity index is 3.26. The van der Waals surface area contributed by atoms with Gasteiger partial charge in [-0.1, -0.05) is 15.9 Å². The molecule has 13 heavy (non-hydrogen) atoms. The molecule has 1 aromatic carbocycles. The molecule has 0 fully saturated rings. The summed E-state index contributed by atoms with van der Waals surface area (Å²) in [6.07, 6.45) is 1.24. The number of nitrogens with zero attached hydrogens (tertiary/aromatic N) is 2. The Morgan fingerprint density at radius 3 is 2.85 bits per heavy atom. The second-order valence-corrected chi connectivity index (χ2v) is 3.15. The van der Waals surface area contributed by atoms with E-state index >= 15 is 0 Å². The molecule has 0 saturated carbocycles. The van der Waals surface area contributed by atoms with Crippen molar-refractivity contribution in [3.8, 4) is 0 Å². The summed E-state index contributed by atoms with van der Waals surface area (Å²) >= 11 is 3.19. The first-order chi connectivity index (χ1) is 6.15. The van der Waals surface area contributed by atoms with Crippen LogP contribution in [-0.4, -0.2) is 11.1 Å². The van der Waals surface area contributed by atoms with Crippen LogP contribution in [0, 0.1) is 10.1 Å². The highest BCUT2D eigenvalue weighted by Gasteiger charge is 2.11. The van der Waals surface area contributed by atoms with E-state index in [0.29, 0.717) is 5.56 Å². The highest BCUT2D eigenvalue weighted by atomic mass is 79.9. The maximum atomic E-state index is 10.5. The maximum Gasteiger partial charge on any atom is 0.278 e. The van der Waals surface area contributed by atoms with Crippen LogP contribution in [0.15, 0.2) is 27.8 Å². The summed E-state index contributed by atoms with van der Waals surface area (Å²) < 4.78 is 0.744. The SMILES string of the molecule is N/N=C/c1cc(Br)ccc1[N+](=O)[O-]. The van der Waals surface area contributed by atoms with E-state index in [1.54, 1.807) is 12.1 Å². The first kappa shape index (κ1) is 9.66. The van der Waals surface area contributed by atoms with Gasteiger partial charge in [-0.25, -0.2) is 0 Å². The smallest absolute Gasteiger partial charge is 0.278 e. The van der Waals surface area contributed by atoms with Crippen LogP contribution in [0.3, 0.4) is 0 Å². The summed E-state index contributed by atoms with van der Waals surface area (Å²) in [5.41, 5.74) is 0.360. The first-order valence-corrected chi connectivity index (χ1v) is 4.11. The molecule has 0 spiro atoms. The standard InChI is InChI=1S/C7H6BrN3O2/c8-6-1-2-7(11(12)13)5(3-6)4-10-9/h1-4H,9H2/b10-4+. The van der Waals surface area contributed by atoms with Crippen LogP contribution in [0.1, 0.15) is 5.56 Å². The Kier molecular flexibility index (Phi) is 2.97. The second-order valence-electron chi connectivity index (χ2n) is 2.24. The number of benzene rings is 1. The van der Waals surface area contributed by atoms with Crippen molar-refractivity contribution in [1.29, 1.82) is 0 Å². The minimum absolute atomic E-state index is 0.0163. The number of halogens is 1. The van der Waals surface area contributed by atoms with E-state index in [0.717, 1.165) is 4.47 Å². The van der Waals surface area contributed by atoms with E-state index in [1.165, 1.54) is 12.3 Å². The Hall–Kier alpha value is -1.43. The molecule has 0 radical (unpaired) electrons. The third kappa shape index (κ3) is 2.25. The fraction of sp³-hybridized carbons (Fsp3) is 0. The normalized spacial score (nSPS) is 10.5. The molecule has 1 aromatic rings. The van der Waals surface area contributed by atoms with E-state index in [-0.39, 0.29) is 5.69 Å². The van der Waals surface area contributed by atoms with Crippen molar-refractivity contribution in [3.63, 3.8) is 0 Å². The largest absolute Gasteiger partial charge is 0.323 e. The molecule has 0 atom stereocenters. The number of hydrogen-bond donors (Lipinski definition) is 1. The first-order valence-electron chi connectivity index (χ1n) is 3.32. The predicted molar refractivity (Wildman–Crippen MR) is 52.6 cm³/mol. The molecule has 5 nitrogen and oxygen atoms in total. The third-order valence-corrected chi connectivity index (χ3v) is 1.89. The number of hydrogen-bond acceptors (Lipinski definition) is 4. The van der Waals surface area contributed by atoms with Gasteiger partial charge in [0, 0.05) is 10.5 Å². The average Bonchev–Trinajstić information content (AvgIpc) is 2.04. The van der Waals surface area contributed by atoms with Crippen molar-refractivity contribution in [1.82, 2.24) is 0 Å². The molecule has 0 aliphatic rings. The molecule has 0 bridgehead atoms. The average molecular weight is 244 g/mol. The van der Waals surface area contributed by atoms with Gasteiger partial charge in [0.25, 0.3) is 5.69 Å². The lowest BCUT2D eigenvalue weighted by Crippen LogP contribution is -1.95. The zero-order chi connectivity index (χ0) is 9.84. The van der Waals surface area contributed by atoms with Gasteiger partial charge in [-0.3, -0.25) is 10.1 Å². The molecule has 0 aliphatic carbocycles. The Bertz CT molecular complexity index is 365. The van der Waals surface area contributed by atoms with Gasteiger partial charge in [-0.05, 0) is 12.1 Å². The number of nitro groups is 1. The predicted octanol–water partition coefficient (Wildman–Crippen LogP) is 1.65. The van der Waals surface area contributed by atoms with Crippen LogP contribution in [-0.2, 0) is 0 Å². The van der Waals surface area contributed by atoms with Crippen molar-refractivity contribution < 1.29 is 4.92 Å². The van der Waals surface area contributed by atoms with Gasteiger partial charge < -0.3 is 5.84 Å². The molecule has 0 saturated heterocycles. The minimum Gasteiger partial charge on any atom is -0.323 e. The monoisotopic (exact) mass is 243 g/mol. The van der Waals surface area contributed by atoms with Crippen molar-refractivity contribution in [2.45, 2.75) is 0 Å². The van der Waals surface area contributed by atoms with Crippen molar-refractivity contribution in [2.75, 3.05) is 0 Å². The van der Waals surface area contributed by atoms with Crippen LogP contribution in [0.25, 0.3) is 0 Å². The van der Waals surface area contributed by atoms with Gasteiger partial charge >= 0.3 is 0 Å². The summed E-state index contributed by atoms with van der Waals surface area (Å²) in [6.45, 7) is 0. The van der Waals surface area contributed by atoms with Crippen LogP contribution in [0.4, 0.5) is 5.69 Å². The highest BCUT2D eigenvalue weighted by Crippen LogP contribution is 2.21. The lowest BCUT2D eigenvalue weighted by atomic mass is 10.2. The third-order valence-electron chi connectivity index (χ3n) is 1.40. The molecule has 0 unspecified atom stereocenters. The van der Waals surface area contributed by atoms with Gasteiger partial charge in [0.1, 0.15) is 0 Å². The van der Waals surface area contributed by atoms with Gasteiger partial charge in [-0.2, -0.15) is 5.10 Å². The summed E-state index contributed by atoms with van der Waals surface area (Å²) in [7, 11) is 0. The van der Waals surface area contributed by atoms with Gasteiger partial charge in [-0.15, -0.1) is 0 Å². The van der Waals surface area contributed by atoms with E-state index in [9.17, 15) is 10.1 Å². The van der Waals surface area contributed by atoms with Gasteiger partial charge in [0.2, 0.25) is 0 Å². The maximum absolute atomic E-state index is 10.5. The molecule has 0 amide bonds. The van der Waals surface area contributed by atoms with Crippen molar-refractivity contribution in [2.24, 2.45) is 10.9 Å². The van der Waals surface area contributed by atoms with Crippen LogP contribution in [0.5, 0.6) is 0 Å². The molecule has 0 aliphatic heterocycles. The van der Waals surface area contributed by atoms with E-state index in [1.807, 2.05) is 0 Å². The highest BCUT2D eigenvalue weighted by molar-refractivity contribution is 9.10. The molecule has 0 heterocycles. The summed E-state index contributed by atoms with van der Waals surface area (Å²) in [5.74, 6) is 4.91. The van der Waals surface area contributed by atoms with E-state index in [2.05, 4.69) is 21.0 Å². The molecule has 0 aromatic heterocycles. The Labute approximate surface area is 82.5 Å². The van der Waals surface area contributed by atoms with Gasteiger partial charge in [0.15, 0.2) is 0 Å². The summed E-state index contributed by atoms with van der Waals surface area (Å²) in [5, 5.41) is 13.7. The molecule has 68 valence electrons. The quantitative estimate of drug-likeness (QED) is 0.371.